The monoisotopic (exact) mass is 189 g/mol. The zero-order valence-corrected chi connectivity index (χ0v) is 7.24. The van der Waals surface area contributed by atoms with Gasteiger partial charge in [-0.2, -0.15) is 0 Å². The van der Waals surface area contributed by atoms with E-state index in [1.165, 1.54) is 0 Å². The molecule has 2 aliphatic heterocycles. The molecule has 2 aliphatic rings. The van der Waals surface area contributed by atoms with Crippen molar-refractivity contribution >= 4 is 0 Å². The van der Waals surface area contributed by atoms with Gasteiger partial charge in [-0.15, -0.1) is 0 Å². The Hall–Kier alpha value is -0.200. The molecule has 2 saturated heterocycles. The molecule has 76 valence electrons. The largest absolute Gasteiger partial charge is 0.391 e. The number of aliphatic hydroxyl groups is 4. The van der Waals surface area contributed by atoms with Crippen LogP contribution >= 0.6 is 0 Å². The van der Waals surface area contributed by atoms with Gasteiger partial charge in [-0.3, -0.25) is 4.90 Å². The van der Waals surface area contributed by atoms with Gasteiger partial charge in [0.2, 0.25) is 0 Å². The van der Waals surface area contributed by atoms with Crippen LogP contribution in [0.3, 0.4) is 0 Å². The summed E-state index contributed by atoms with van der Waals surface area (Å²) in [5.74, 6) is 0. The number of rotatable bonds is 0. The lowest BCUT2D eigenvalue weighted by atomic mass is 9.93. The normalized spacial score (nSPS) is 52.2. The highest BCUT2D eigenvalue weighted by Gasteiger charge is 2.47. The summed E-state index contributed by atoms with van der Waals surface area (Å²) in [5, 5.41) is 37.8. The third-order valence-corrected chi connectivity index (χ3v) is 3.04. The Labute approximate surface area is 76.2 Å². The van der Waals surface area contributed by atoms with Crippen LogP contribution in [0.15, 0.2) is 0 Å². The van der Waals surface area contributed by atoms with Crippen LogP contribution in [0, 0.1) is 0 Å². The van der Waals surface area contributed by atoms with Gasteiger partial charge in [0.25, 0.3) is 0 Å². The highest BCUT2D eigenvalue weighted by Crippen LogP contribution is 2.27. The molecule has 2 fully saturated rings. The van der Waals surface area contributed by atoms with Gasteiger partial charge in [-0.05, 0) is 6.42 Å². The van der Waals surface area contributed by atoms with Gasteiger partial charge < -0.3 is 20.4 Å². The highest BCUT2D eigenvalue weighted by molar-refractivity contribution is 5.01. The SMILES string of the molecule is O[C@@H]1[C@H](O)[C@H]2[C@H](O)CCN2C[C@H]1O. The molecule has 5 nitrogen and oxygen atoms in total. The van der Waals surface area contributed by atoms with Crippen molar-refractivity contribution in [1.29, 1.82) is 0 Å². The van der Waals surface area contributed by atoms with Crippen LogP contribution in [0.5, 0.6) is 0 Å². The number of aliphatic hydroxyl groups excluding tert-OH is 4. The third kappa shape index (κ3) is 1.37. The summed E-state index contributed by atoms with van der Waals surface area (Å²) >= 11 is 0. The fraction of sp³-hybridized carbons (Fsp3) is 1.00. The molecule has 0 saturated carbocycles. The van der Waals surface area contributed by atoms with Crippen LogP contribution in [0.2, 0.25) is 0 Å². The molecule has 0 aromatic heterocycles. The van der Waals surface area contributed by atoms with E-state index in [0.29, 0.717) is 19.5 Å². The summed E-state index contributed by atoms with van der Waals surface area (Å²) in [6.45, 7) is 1.01. The van der Waals surface area contributed by atoms with Crippen LogP contribution in [-0.2, 0) is 0 Å². The average Bonchev–Trinajstić information content (AvgIpc) is 2.43. The smallest absolute Gasteiger partial charge is 0.109 e. The second kappa shape index (κ2) is 3.18. The number of piperidine rings is 1. The van der Waals surface area contributed by atoms with E-state index in [-0.39, 0.29) is 0 Å². The molecule has 0 aromatic rings. The van der Waals surface area contributed by atoms with E-state index in [9.17, 15) is 20.4 Å². The minimum absolute atomic E-state index is 0.333. The van der Waals surface area contributed by atoms with Gasteiger partial charge in [0, 0.05) is 13.1 Å². The van der Waals surface area contributed by atoms with Gasteiger partial charge in [0.15, 0.2) is 0 Å². The summed E-state index contributed by atoms with van der Waals surface area (Å²) < 4.78 is 0. The fourth-order valence-electron chi connectivity index (χ4n) is 2.30. The molecular formula is C8H15NO4. The van der Waals surface area contributed by atoms with Crippen LogP contribution in [0.4, 0.5) is 0 Å². The number of hydrogen-bond acceptors (Lipinski definition) is 5. The van der Waals surface area contributed by atoms with Crippen molar-refractivity contribution in [2.75, 3.05) is 13.1 Å². The van der Waals surface area contributed by atoms with E-state index >= 15 is 0 Å². The molecule has 0 aromatic carbocycles. The lowest BCUT2D eigenvalue weighted by Crippen LogP contribution is -2.61. The Morgan fingerprint density at radius 2 is 1.62 bits per heavy atom. The first-order valence-corrected chi connectivity index (χ1v) is 4.57. The minimum atomic E-state index is -1.13. The zero-order valence-electron chi connectivity index (χ0n) is 7.24. The van der Waals surface area contributed by atoms with E-state index in [0.717, 1.165) is 0 Å². The lowest BCUT2D eigenvalue weighted by molar-refractivity contribution is -0.140. The first kappa shape index (κ1) is 9.36. The van der Waals surface area contributed by atoms with Gasteiger partial charge in [0.1, 0.15) is 12.2 Å². The standard InChI is InChI=1S/C8H15NO4/c10-4-1-2-9-3-5(11)7(12)8(13)6(4)9/h4-8,10-13H,1-3H2/t4-,5-,6-,7+,8-/m1/s1. The molecule has 13 heavy (non-hydrogen) atoms. The molecule has 5 heteroatoms. The Morgan fingerprint density at radius 3 is 2.31 bits per heavy atom. The van der Waals surface area contributed by atoms with Crippen LogP contribution in [0.1, 0.15) is 6.42 Å². The molecule has 0 unspecified atom stereocenters. The Bertz CT molecular complexity index is 201. The fourth-order valence-corrected chi connectivity index (χ4v) is 2.30. The molecule has 0 bridgehead atoms. The van der Waals surface area contributed by atoms with Gasteiger partial charge in [-0.1, -0.05) is 0 Å². The van der Waals surface area contributed by atoms with E-state index in [2.05, 4.69) is 0 Å². The maximum absolute atomic E-state index is 9.58. The van der Waals surface area contributed by atoms with Crippen LogP contribution < -0.4 is 0 Å². The van der Waals surface area contributed by atoms with Crippen molar-refractivity contribution in [3.63, 3.8) is 0 Å². The molecule has 2 heterocycles. The Morgan fingerprint density at radius 1 is 0.923 bits per heavy atom. The summed E-state index contributed by atoms with van der Waals surface area (Å²) in [5.41, 5.74) is 0. The van der Waals surface area contributed by atoms with Gasteiger partial charge in [0.05, 0.1) is 18.2 Å². The third-order valence-electron chi connectivity index (χ3n) is 3.04. The second-order valence-corrected chi connectivity index (χ2v) is 3.89. The van der Waals surface area contributed by atoms with Gasteiger partial charge in [-0.25, -0.2) is 0 Å². The molecule has 0 spiro atoms. The summed E-state index contributed by atoms with van der Waals surface area (Å²) in [6, 6.07) is -0.404. The number of hydrogen-bond donors (Lipinski definition) is 4. The maximum Gasteiger partial charge on any atom is 0.109 e. The van der Waals surface area contributed by atoms with Crippen LogP contribution in [0.25, 0.3) is 0 Å². The minimum Gasteiger partial charge on any atom is -0.391 e. The van der Waals surface area contributed by atoms with E-state index < -0.39 is 30.5 Å². The van der Waals surface area contributed by atoms with Crippen molar-refractivity contribution in [2.45, 2.75) is 36.9 Å². The van der Waals surface area contributed by atoms with Crippen molar-refractivity contribution < 1.29 is 20.4 Å². The first-order valence-electron chi connectivity index (χ1n) is 4.57. The average molecular weight is 189 g/mol. The first-order chi connectivity index (χ1) is 6.11. The molecule has 0 radical (unpaired) electrons. The zero-order chi connectivity index (χ0) is 9.59. The second-order valence-electron chi connectivity index (χ2n) is 3.89. The van der Waals surface area contributed by atoms with Crippen molar-refractivity contribution in [3.05, 3.63) is 0 Å². The Kier molecular flexibility index (Phi) is 2.29. The topological polar surface area (TPSA) is 84.2 Å². The van der Waals surface area contributed by atoms with Crippen molar-refractivity contribution in [1.82, 2.24) is 4.90 Å². The number of fused-ring (bicyclic) bond motifs is 1. The van der Waals surface area contributed by atoms with E-state index in [1.54, 1.807) is 0 Å². The molecular weight excluding hydrogens is 174 g/mol. The molecule has 4 N–H and O–H groups in total. The lowest BCUT2D eigenvalue weighted by Gasteiger charge is -2.40. The maximum atomic E-state index is 9.58. The van der Waals surface area contributed by atoms with E-state index in [4.69, 9.17) is 0 Å². The van der Waals surface area contributed by atoms with Crippen LogP contribution in [-0.4, -0.2) is 68.9 Å². The molecule has 0 aliphatic carbocycles. The predicted octanol–water partition coefficient (Wildman–Crippen LogP) is -2.48. The summed E-state index contributed by atoms with van der Waals surface area (Å²) in [4.78, 5) is 1.83. The predicted molar refractivity (Wildman–Crippen MR) is 44.0 cm³/mol. The number of nitrogens with zero attached hydrogens (tertiary/aromatic N) is 1. The highest BCUT2D eigenvalue weighted by atomic mass is 16.4. The molecule has 2 rings (SSSR count). The summed E-state index contributed by atoms with van der Waals surface area (Å²) in [6.07, 6.45) is -3.06. The van der Waals surface area contributed by atoms with Crippen molar-refractivity contribution in [2.24, 2.45) is 0 Å². The molecule has 0 amide bonds. The van der Waals surface area contributed by atoms with Crippen molar-refractivity contribution in [3.8, 4) is 0 Å². The van der Waals surface area contributed by atoms with E-state index in [1.807, 2.05) is 4.90 Å². The quantitative estimate of drug-likeness (QED) is 0.339. The van der Waals surface area contributed by atoms with Gasteiger partial charge >= 0.3 is 0 Å². The summed E-state index contributed by atoms with van der Waals surface area (Å²) in [7, 11) is 0. The molecule has 5 atom stereocenters. The Balaban J connectivity index is 2.15.